The summed E-state index contributed by atoms with van der Waals surface area (Å²) in [5, 5.41) is 3.67. The van der Waals surface area contributed by atoms with Crippen molar-refractivity contribution in [2.45, 2.75) is 37.5 Å². The molecule has 0 aliphatic carbocycles. The highest BCUT2D eigenvalue weighted by Gasteiger charge is 2.19. The lowest BCUT2D eigenvalue weighted by Gasteiger charge is -2.28. The third-order valence-corrected chi connectivity index (χ3v) is 4.99. The van der Waals surface area contributed by atoms with Crippen LogP contribution >= 0.6 is 23.5 Å². The fourth-order valence-corrected chi connectivity index (χ4v) is 2.70. The molecule has 0 aromatic heterocycles. The first kappa shape index (κ1) is 11.7. The van der Waals surface area contributed by atoms with Gasteiger partial charge in [0.2, 0.25) is 0 Å². The van der Waals surface area contributed by atoms with E-state index in [1.54, 1.807) is 0 Å². The second-order valence-electron chi connectivity index (χ2n) is 4.26. The molecule has 1 rings (SSSR count). The predicted octanol–water partition coefficient (Wildman–Crippen LogP) is 2.61. The van der Waals surface area contributed by atoms with Crippen LogP contribution in [0.2, 0.25) is 0 Å². The Hall–Kier alpha value is 0.660. The molecule has 1 nitrogen and oxygen atoms in total. The summed E-state index contributed by atoms with van der Waals surface area (Å²) < 4.78 is 0.391. The summed E-state index contributed by atoms with van der Waals surface area (Å²) in [5.74, 6) is 2.68. The van der Waals surface area contributed by atoms with E-state index in [1.165, 1.54) is 24.3 Å². The van der Waals surface area contributed by atoms with Crippen LogP contribution in [0.1, 0.15) is 26.7 Å². The summed E-state index contributed by atoms with van der Waals surface area (Å²) in [6.45, 7) is 5.75. The van der Waals surface area contributed by atoms with E-state index in [-0.39, 0.29) is 0 Å². The molecule has 1 aliphatic rings. The Kier molecular flexibility index (Phi) is 4.98. The maximum atomic E-state index is 3.67. The Labute approximate surface area is 90.8 Å². The third-order valence-electron chi connectivity index (χ3n) is 2.53. The molecule has 0 aromatic rings. The average Bonchev–Trinajstić information content (AvgIpc) is 2.17. The van der Waals surface area contributed by atoms with Crippen molar-refractivity contribution in [2.24, 2.45) is 0 Å². The molecule has 13 heavy (non-hydrogen) atoms. The van der Waals surface area contributed by atoms with Gasteiger partial charge < -0.3 is 5.32 Å². The lowest BCUT2D eigenvalue weighted by molar-refractivity contribution is 0.479. The van der Waals surface area contributed by atoms with Crippen molar-refractivity contribution in [3.05, 3.63) is 0 Å². The second-order valence-corrected chi connectivity index (χ2v) is 6.92. The minimum absolute atomic E-state index is 0.391. The van der Waals surface area contributed by atoms with E-state index < -0.39 is 0 Å². The summed E-state index contributed by atoms with van der Waals surface area (Å²) in [6, 6.07) is 0.769. The molecular formula is C10H21NS2. The van der Waals surface area contributed by atoms with Crippen LogP contribution in [-0.2, 0) is 0 Å². The maximum Gasteiger partial charge on any atom is 0.0225 e. The van der Waals surface area contributed by atoms with E-state index in [9.17, 15) is 0 Å². The number of hydrogen-bond donors (Lipinski definition) is 1. The topological polar surface area (TPSA) is 12.0 Å². The van der Waals surface area contributed by atoms with Gasteiger partial charge in [0.1, 0.15) is 0 Å². The molecule has 1 N–H and O–H groups in total. The van der Waals surface area contributed by atoms with Crippen LogP contribution in [0.5, 0.6) is 0 Å². The van der Waals surface area contributed by atoms with Gasteiger partial charge in [-0.3, -0.25) is 0 Å². The number of rotatable bonds is 4. The van der Waals surface area contributed by atoms with Crippen LogP contribution in [0.15, 0.2) is 0 Å². The average molecular weight is 219 g/mol. The van der Waals surface area contributed by atoms with Crippen LogP contribution < -0.4 is 5.32 Å². The van der Waals surface area contributed by atoms with Gasteiger partial charge in [-0.05, 0) is 38.7 Å². The second kappa shape index (κ2) is 5.52. The monoisotopic (exact) mass is 219 g/mol. The largest absolute Gasteiger partial charge is 0.312 e. The van der Waals surface area contributed by atoms with Gasteiger partial charge in [-0.1, -0.05) is 0 Å². The van der Waals surface area contributed by atoms with Gasteiger partial charge in [0.25, 0.3) is 0 Å². The summed E-state index contributed by atoms with van der Waals surface area (Å²) in [7, 11) is 0. The van der Waals surface area contributed by atoms with E-state index in [4.69, 9.17) is 0 Å². The fourth-order valence-electron chi connectivity index (χ4n) is 1.36. The molecule has 1 saturated heterocycles. The minimum Gasteiger partial charge on any atom is -0.312 e. The van der Waals surface area contributed by atoms with Crippen LogP contribution in [0.25, 0.3) is 0 Å². The van der Waals surface area contributed by atoms with E-state index in [0.29, 0.717) is 4.75 Å². The van der Waals surface area contributed by atoms with Gasteiger partial charge in [-0.25, -0.2) is 0 Å². The van der Waals surface area contributed by atoms with Gasteiger partial charge in [0.15, 0.2) is 0 Å². The molecule has 78 valence electrons. The molecule has 1 atom stereocenters. The van der Waals surface area contributed by atoms with Crippen molar-refractivity contribution in [3.8, 4) is 0 Å². The van der Waals surface area contributed by atoms with E-state index in [0.717, 1.165) is 12.6 Å². The smallest absolute Gasteiger partial charge is 0.0225 e. The first-order chi connectivity index (χ1) is 6.14. The predicted molar refractivity (Wildman–Crippen MR) is 65.9 cm³/mol. The molecule has 0 bridgehead atoms. The van der Waals surface area contributed by atoms with Gasteiger partial charge in [0, 0.05) is 23.1 Å². The van der Waals surface area contributed by atoms with Crippen molar-refractivity contribution in [1.82, 2.24) is 5.32 Å². The van der Waals surface area contributed by atoms with Crippen LogP contribution in [0.4, 0.5) is 0 Å². The zero-order valence-electron chi connectivity index (χ0n) is 8.93. The highest BCUT2D eigenvalue weighted by Crippen LogP contribution is 2.22. The maximum absolute atomic E-state index is 3.67. The number of nitrogens with one attached hydrogen (secondary N) is 1. The van der Waals surface area contributed by atoms with Crippen LogP contribution in [-0.4, -0.2) is 35.1 Å². The Morgan fingerprint density at radius 3 is 2.85 bits per heavy atom. The zero-order valence-corrected chi connectivity index (χ0v) is 10.6. The molecule has 0 amide bonds. The summed E-state index contributed by atoms with van der Waals surface area (Å²) >= 11 is 4.04. The number of hydrogen-bond acceptors (Lipinski definition) is 3. The van der Waals surface area contributed by atoms with Gasteiger partial charge in [-0.2, -0.15) is 23.5 Å². The Morgan fingerprint density at radius 2 is 2.31 bits per heavy atom. The van der Waals surface area contributed by atoms with Crippen LogP contribution in [0, 0.1) is 0 Å². The van der Waals surface area contributed by atoms with Crippen molar-refractivity contribution in [2.75, 3.05) is 24.3 Å². The first-order valence-corrected chi connectivity index (χ1v) is 7.38. The minimum atomic E-state index is 0.391. The molecule has 0 saturated carbocycles. The Bertz CT molecular complexity index is 142. The van der Waals surface area contributed by atoms with Crippen molar-refractivity contribution in [1.29, 1.82) is 0 Å². The Morgan fingerprint density at radius 1 is 1.54 bits per heavy atom. The molecular weight excluding hydrogens is 198 g/mol. The Balaban J connectivity index is 2.17. The highest BCUT2D eigenvalue weighted by molar-refractivity contribution is 8.00. The van der Waals surface area contributed by atoms with E-state index >= 15 is 0 Å². The SMILES string of the molecule is CSC(C)(C)CNC1CCCSC1. The van der Waals surface area contributed by atoms with Crippen molar-refractivity contribution < 1.29 is 0 Å². The summed E-state index contributed by atoms with van der Waals surface area (Å²) in [5.41, 5.74) is 0. The molecule has 3 heteroatoms. The van der Waals surface area contributed by atoms with Gasteiger partial charge in [0.05, 0.1) is 0 Å². The first-order valence-electron chi connectivity index (χ1n) is 5.00. The quantitative estimate of drug-likeness (QED) is 0.780. The van der Waals surface area contributed by atoms with Crippen molar-refractivity contribution >= 4 is 23.5 Å². The third kappa shape index (κ3) is 4.61. The fraction of sp³-hybridized carbons (Fsp3) is 1.00. The molecule has 0 radical (unpaired) electrons. The van der Waals surface area contributed by atoms with E-state index in [1.807, 2.05) is 11.8 Å². The molecule has 1 fully saturated rings. The molecule has 1 heterocycles. The highest BCUT2D eigenvalue weighted by atomic mass is 32.2. The summed E-state index contributed by atoms with van der Waals surface area (Å²) in [4.78, 5) is 0. The lowest BCUT2D eigenvalue weighted by Crippen LogP contribution is -2.41. The zero-order chi connectivity index (χ0) is 9.73. The van der Waals surface area contributed by atoms with Crippen molar-refractivity contribution in [3.63, 3.8) is 0 Å². The normalized spacial score (nSPS) is 24.7. The van der Waals surface area contributed by atoms with E-state index in [2.05, 4.69) is 37.2 Å². The standard InChI is InChI=1S/C10H21NS2/c1-10(2,12-3)8-11-9-5-4-6-13-7-9/h9,11H,4-8H2,1-3H3. The molecule has 1 aliphatic heterocycles. The molecule has 0 spiro atoms. The van der Waals surface area contributed by atoms with Crippen LogP contribution in [0.3, 0.4) is 0 Å². The number of thioether (sulfide) groups is 2. The molecule has 0 aromatic carbocycles. The lowest BCUT2D eigenvalue weighted by atomic mass is 10.1. The molecule has 1 unspecified atom stereocenters. The van der Waals surface area contributed by atoms with Gasteiger partial charge >= 0.3 is 0 Å². The summed E-state index contributed by atoms with van der Waals surface area (Å²) in [6.07, 6.45) is 4.96. The van der Waals surface area contributed by atoms with Gasteiger partial charge in [-0.15, -0.1) is 0 Å².